The first-order valence-corrected chi connectivity index (χ1v) is 15.4. The van der Waals surface area contributed by atoms with Crippen molar-refractivity contribution in [1.29, 1.82) is 0 Å². The molecule has 0 unspecified atom stereocenters. The fourth-order valence-corrected chi connectivity index (χ4v) is 6.53. The second-order valence-corrected chi connectivity index (χ2v) is 11.4. The topological polar surface area (TPSA) is 32.8 Å². The molecule has 0 aliphatic heterocycles. The van der Waals surface area contributed by atoms with E-state index in [0.29, 0.717) is 0 Å². The van der Waals surface area contributed by atoms with Gasteiger partial charge in [0.15, 0.2) is 0 Å². The van der Waals surface area contributed by atoms with Crippen LogP contribution in [0.3, 0.4) is 0 Å². The minimum absolute atomic E-state index is 0.879. The predicted molar refractivity (Wildman–Crippen MR) is 190 cm³/mol. The molecule has 0 aliphatic carbocycles. The summed E-state index contributed by atoms with van der Waals surface area (Å²) < 4.78 is 12.3. The zero-order valence-electron chi connectivity index (χ0n) is 24.9. The quantitative estimate of drug-likeness (QED) is 0.192. The van der Waals surface area contributed by atoms with E-state index in [0.717, 1.165) is 78.0 Å². The molecule has 0 fully saturated rings. The van der Waals surface area contributed by atoms with Crippen molar-refractivity contribution in [3.63, 3.8) is 0 Å². The van der Waals surface area contributed by atoms with Crippen LogP contribution in [-0.2, 0) is 0 Å². The highest BCUT2D eigenvalue weighted by Crippen LogP contribution is 2.43. The molecule has 0 saturated carbocycles. The van der Waals surface area contributed by atoms with E-state index >= 15 is 0 Å². The molecule has 9 rings (SSSR count). The van der Waals surface area contributed by atoms with Gasteiger partial charge in [-0.25, -0.2) is 0 Å². The van der Waals surface area contributed by atoms with E-state index in [2.05, 4.69) is 155 Å². The fourth-order valence-electron chi connectivity index (χ4n) is 6.53. The standard InChI is InChI=1S/C42H28N2O2/c1-3-12-29(13-4-1)43(33-22-24-41-37(27-33)35-18-7-9-20-39(35)45-41)31-16-11-17-32(26-31)44(30-14-5-2-6-15-30)34-23-25-42-38(28-34)36-19-8-10-21-40(36)46-42/h1-28H. The van der Waals surface area contributed by atoms with Crippen molar-refractivity contribution in [3.8, 4) is 0 Å². The van der Waals surface area contributed by atoms with Gasteiger partial charge in [0.2, 0.25) is 0 Å². The first-order valence-electron chi connectivity index (χ1n) is 15.4. The number of furan rings is 2. The van der Waals surface area contributed by atoms with Gasteiger partial charge in [-0.05, 0) is 91.0 Å². The molecule has 4 nitrogen and oxygen atoms in total. The average molecular weight is 593 g/mol. The summed E-state index contributed by atoms with van der Waals surface area (Å²) in [5, 5.41) is 4.41. The van der Waals surface area contributed by atoms with Crippen LogP contribution in [0.2, 0.25) is 0 Å². The molecule has 0 spiro atoms. The lowest BCUT2D eigenvalue weighted by Crippen LogP contribution is -2.13. The zero-order chi connectivity index (χ0) is 30.5. The van der Waals surface area contributed by atoms with Crippen molar-refractivity contribution in [2.75, 3.05) is 9.80 Å². The summed E-state index contributed by atoms with van der Waals surface area (Å²) in [7, 11) is 0. The molecule has 218 valence electrons. The molecule has 0 bridgehead atoms. The second-order valence-electron chi connectivity index (χ2n) is 11.4. The summed E-state index contributed by atoms with van der Waals surface area (Å²) in [6, 6.07) is 59.1. The Labute approximate surface area is 265 Å². The predicted octanol–water partition coefficient (Wildman–Crippen LogP) is 12.4. The highest BCUT2D eigenvalue weighted by Gasteiger charge is 2.19. The smallest absolute Gasteiger partial charge is 0.135 e. The van der Waals surface area contributed by atoms with E-state index in [1.165, 1.54) is 0 Å². The SMILES string of the molecule is c1ccc(N(c2cccc(N(c3ccccc3)c3ccc4oc5ccccc5c4c3)c2)c2ccc3oc4ccccc4c3c2)cc1. The molecule has 46 heavy (non-hydrogen) atoms. The molecule has 0 amide bonds. The Morgan fingerprint density at radius 1 is 0.261 bits per heavy atom. The minimum Gasteiger partial charge on any atom is -0.456 e. The third-order valence-corrected chi connectivity index (χ3v) is 8.61. The maximum absolute atomic E-state index is 6.17. The third-order valence-electron chi connectivity index (χ3n) is 8.61. The Balaban J connectivity index is 1.22. The van der Waals surface area contributed by atoms with E-state index in [4.69, 9.17) is 8.83 Å². The molecule has 0 saturated heterocycles. The van der Waals surface area contributed by atoms with Crippen molar-refractivity contribution in [3.05, 3.63) is 170 Å². The molecule has 0 N–H and O–H groups in total. The Morgan fingerprint density at radius 3 is 1.11 bits per heavy atom. The molecule has 0 aliphatic rings. The van der Waals surface area contributed by atoms with Gasteiger partial charge in [-0.3, -0.25) is 0 Å². The van der Waals surface area contributed by atoms with Crippen LogP contribution in [-0.4, -0.2) is 0 Å². The Kier molecular flexibility index (Phi) is 6.10. The monoisotopic (exact) mass is 592 g/mol. The lowest BCUT2D eigenvalue weighted by molar-refractivity contribution is 0.668. The fraction of sp³-hybridized carbons (Fsp3) is 0. The minimum atomic E-state index is 0.879. The van der Waals surface area contributed by atoms with Crippen LogP contribution in [0.5, 0.6) is 0 Å². The van der Waals surface area contributed by atoms with Gasteiger partial charge in [0.1, 0.15) is 22.3 Å². The van der Waals surface area contributed by atoms with Crippen LogP contribution < -0.4 is 9.80 Å². The summed E-state index contributed by atoms with van der Waals surface area (Å²) in [5.74, 6) is 0. The van der Waals surface area contributed by atoms with Crippen molar-refractivity contribution >= 4 is 78.0 Å². The van der Waals surface area contributed by atoms with E-state index in [9.17, 15) is 0 Å². The normalized spacial score (nSPS) is 11.5. The number of hydrogen-bond donors (Lipinski definition) is 0. The largest absolute Gasteiger partial charge is 0.456 e. The first kappa shape index (κ1) is 26.2. The van der Waals surface area contributed by atoms with Gasteiger partial charge >= 0.3 is 0 Å². The van der Waals surface area contributed by atoms with Gasteiger partial charge < -0.3 is 18.6 Å². The van der Waals surface area contributed by atoms with Crippen LogP contribution in [0.4, 0.5) is 34.1 Å². The molecule has 0 atom stereocenters. The maximum Gasteiger partial charge on any atom is 0.135 e. The molecule has 2 heterocycles. The number of benzene rings is 7. The molecule has 4 heteroatoms. The first-order chi connectivity index (χ1) is 22.8. The van der Waals surface area contributed by atoms with Crippen molar-refractivity contribution in [1.82, 2.24) is 0 Å². The number of anilines is 6. The lowest BCUT2D eigenvalue weighted by atomic mass is 10.1. The Hall–Kier alpha value is -6.26. The molecular weight excluding hydrogens is 564 g/mol. The van der Waals surface area contributed by atoms with Gasteiger partial charge in [-0.2, -0.15) is 0 Å². The summed E-state index contributed by atoms with van der Waals surface area (Å²) >= 11 is 0. The highest BCUT2D eigenvalue weighted by atomic mass is 16.3. The van der Waals surface area contributed by atoms with Crippen LogP contribution in [0, 0.1) is 0 Å². The summed E-state index contributed by atoms with van der Waals surface area (Å²) in [4.78, 5) is 4.61. The second kappa shape index (κ2) is 10.7. The third kappa shape index (κ3) is 4.39. The Morgan fingerprint density at radius 2 is 0.630 bits per heavy atom. The summed E-state index contributed by atoms with van der Waals surface area (Å²) in [6.07, 6.45) is 0. The molecule has 9 aromatic rings. The van der Waals surface area contributed by atoms with Crippen molar-refractivity contribution in [2.24, 2.45) is 0 Å². The molecule has 7 aromatic carbocycles. The van der Waals surface area contributed by atoms with Gasteiger partial charge in [-0.15, -0.1) is 0 Å². The number of nitrogens with zero attached hydrogens (tertiary/aromatic N) is 2. The van der Waals surface area contributed by atoms with Crippen LogP contribution in [0.25, 0.3) is 43.9 Å². The number of fused-ring (bicyclic) bond motifs is 6. The Bertz CT molecular complexity index is 2320. The van der Waals surface area contributed by atoms with E-state index in [1.807, 2.05) is 24.3 Å². The average Bonchev–Trinajstić information content (AvgIpc) is 3.68. The summed E-state index contributed by atoms with van der Waals surface area (Å²) in [5.41, 5.74) is 9.90. The van der Waals surface area contributed by atoms with Gasteiger partial charge in [0.25, 0.3) is 0 Å². The van der Waals surface area contributed by atoms with Gasteiger partial charge in [0.05, 0.1) is 0 Å². The maximum atomic E-state index is 6.17. The van der Waals surface area contributed by atoms with Gasteiger partial charge in [-0.1, -0.05) is 78.9 Å². The zero-order valence-corrected chi connectivity index (χ0v) is 24.9. The van der Waals surface area contributed by atoms with Crippen molar-refractivity contribution < 1.29 is 8.83 Å². The molecule has 2 aromatic heterocycles. The van der Waals surface area contributed by atoms with Crippen molar-refractivity contribution in [2.45, 2.75) is 0 Å². The highest BCUT2D eigenvalue weighted by molar-refractivity contribution is 6.07. The number of para-hydroxylation sites is 4. The molecule has 0 radical (unpaired) electrons. The molecular formula is C42H28N2O2. The lowest BCUT2D eigenvalue weighted by Gasteiger charge is -2.29. The van der Waals surface area contributed by atoms with Crippen LogP contribution in [0.1, 0.15) is 0 Å². The number of rotatable bonds is 6. The number of hydrogen-bond acceptors (Lipinski definition) is 4. The summed E-state index contributed by atoms with van der Waals surface area (Å²) in [6.45, 7) is 0. The van der Waals surface area contributed by atoms with E-state index in [-0.39, 0.29) is 0 Å². The van der Waals surface area contributed by atoms with E-state index in [1.54, 1.807) is 0 Å². The van der Waals surface area contributed by atoms with Gasteiger partial charge in [0, 0.05) is 55.7 Å². The van der Waals surface area contributed by atoms with E-state index < -0.39 is 0 Å². The van der Waals surface area contributed by atoms with Crippen LogP contribution in [0.15, 0.2) is 179 Å². The van der Waals surface area contributed by atoms with Crippen LogP contribution >= 0.6 is 0 Å².